The molecule has 1 heterocycles. The molecule has 1 radical (unpaired) electrons. The highest BCUT2D eigenvalue weighted by Crippen LogP contribution is 2.41. The van der Waals surface area contributed by atoms with Crippen LogP contribution in [0.1, 0.15) is 26.2 Å². The average molecular weight is 125 g/mol. The lowest BCUT2D eigenvalue weighted by Gasteiger charge is -2.14. The lowest BCUT2D eigenvalue weighted by Crippen LogP contribution is -2.15. The normalized spacial score (nSPS) is 48.3. The number of hydrogen-bond donors (Lipinski definition) is 0. The largest absolute Gasteiger partial charge is 0.369 e. The van der Waals surface area contributed by atoms with E-state index >= 15 is 0 Å². The molecule has 1 nitrogen and oxygen atoms in total. The van der Waals surface area contributed by atoms with Crippen molar-refractivity contribution >= 4 is 0 Å². The fourth-order valence-electron chi connectivity index (χ4n) is 1.77. The van der Waals surface area contributed by atoms with Crippen LogP contribution in [-0.2, 0) is 4.74 Å². The van der Waals surface area contributed by atoms with E-state index in [0.29, 0.717) is 12.2 Å². The van der Waals surface area contributed by atoms with Gasteiger partial charge in [0, 0.05) is 0 Å². The summed E-state index contributed by atoms with van der Waals surface area (Å²) in [4.78, 5) is 0. The fraction of sp³-hybridized carbons (Fsp3) is 0.875. The van der Waals surface area contributed by atoms with E-state index in [2.05, 4.69) is 13.3 Å². The third kappa shape index (κ3) is 0.877. The molecule has 0 bridgehead atoms. The first-order chi connectivity index (χ1) is 4.42. The first kappa shape index (κ1) is 5.72. The van der Waals surface area contributed by atoms with Gasteiger partial charge in [-0.25, -0.2) is 0 Å². The number of fused-ring (bicyclic) bond motifs is 1. The van der Waals surface area contributed by atoms with Crippen LogP contribution in [0.2, 0.25) is 0 Å². The van der Waals surface area contributed by atoms with Crippen LogP contribution in [0.25, 0.3) is 0 Å². The second-order valence-corrected chi connectivity index (χ2v) is 3.02. The third-order valence-corrected chi connectivity index (χ3v) is 2.44. The molecule has 1 aliphatic carbocycles. The van der Waals surface area contributed by atoms with Gasteiger partial charge in [-0.15, -0.1) is 0 Å². The van der Waals surface area contributed by atoms with Crippen molar-refractivity contribution < 1.29 is 4.74 Å². The van der Waals surface area contributed by atoms with Crippen molar-refractivity contribution in [3.8, 4) is 0 Å². The molecule has 51 valence electrons. The van der Waals surface area contributed by atoms with Crippen LogP contribution in [0.3, 0.4) is 0 Å². The minimum atomic E-state index is 0.628. The molecule has 0 aromatic carbocycles. The third-order valence-electron chi connectivity index (χ3n) is 2.44. The van der Waals surface area contributed by atoms with Gasteiger partial charge >= 0.3 is 0 Å². The molecular formula is C8H13O. The van der Waals surface area contributed by atoms with E-state index in [1.807, 2.05) is 0 Å². The summed E-state index contributed by atoms with van der Waals surface area (Å²) in [6.07, 6.45) is 7.53. The van der Waals surface area contributed by atoms with Crippen molar-refractivity contribution in [1.82, 2.24) is 0 Å². The molecule has 2 fully saturated rings. The molecule has 0 aromatic heterocycles. The average Bonchev–Trinajstić information content (AvgIpc) is 2.64. The van der Waals surface area contributed by atoms with E-state index in [1.54, 1.807) is 0 Å². The SMILES string of the molecule is CCC1[CH]CCC2OC12. The monoisotopic (exact) mass is 125 g/mol. The van der Waals surface area contributed by atoms with Crippen LogP contribution in [0.15, 0.2) is 0 Å². The van der Waals surface area contributed by atoms with E-state index < -0.39 is 0 Å². The number of epoxide rings is 1. The summed E-state index contributed by atoms with van der Waals surface area (Å²) in [5.74, 6) is 0.781. The zero-order valence-corrected chi connectivity index (χ0v) is 5.84. The Bertz CT molecular complexity index is 111. The molecule has 1 saturated heterocycles. The van der Waals surface area contributed by atoms with E-state index in [1.165, 1.54) is 19.3 Å². The van der Waals surface area contributed by atoms with Crippen molar-refractivity contribution in [1.29, 1.82) is 0 Å². The molecule has 1 saturated carbocycles. The number of rotatable bonds is 1. The van der Waals surface area contributed by atoms with Crippen molar-refractivity contribution in [3.05, 3.63) is 6.42 Å². The van der Waals surface area contributed by atoms with Gasteiger partial charge in [0.05, 0.1) is 12.2 Å². The molecule has 1 heteroatoms. The quantitative estimate of drug-likeness (QED) is 0.487. The van der Waals surface area contributed by atoms with E-state index in [-0.39, 0.29) is 0 Å². The van der Waals surface area contributed by atoms with Crippen molar-refractivity contribution in [2.75, 3.05) is 0 Å². The van der Waals surface area contributed by atoms with Crippen LogP contribution in [0.4, 0.5) is 0 Å². The van der Waals surface area contributed by atoms with Crippen LogP contribution in [-0.4, -0.2) is 12.2 Å². The number of hydrogen-bond acceptors (Lipinski definition) is 1. The van der Waals surface area contributed by atoms with Gasteiger partial charge in [0.2, 0.25) is 0 Å². The predicted octanol–water partition coefficient (Wildman–Crippen LogP) is 1.78. The van der Waals surface area contributed by atoms with Gasteiger partial charge in [-0.05, 0) is 25.2 Å². The van der Waals surface area contributed by atoms with Gasteiger partial charge < -0.3 is 4.74 Å². The summed E-state index contributed by atoms with van der Waals surface area (Å²) >= 11 is 0. The lowest BCUT2D eigenvalue weighted by molar-refractivity contribution is 0.339. The van der Waals surface area contributed by atoms with E-state index in [0.717, 1.165) is 5.92 Å². The zero-order chi connectivity index (χ0) is 6.27. The molecule has 2 rings (SSSR count). The summed E-state index contributed by atoms with van der Waals surface area (Å²) in [6.45, 7) is 2.24. The highest BCUT2D eigenvalue weighted by molar-refractivity contribution is 5.01. The standard InChI is InChI=1S/C8H13O/c1-2-6-4-3-5-7-8(6)9-7/h4,6-8H,2-3,5H2,1H3. The molecule has 9 heavy (non-hydrogen) atoms. The molecule has 1 aliphatic heterocycles. The molecule has 3 atom stereocenters. The summed E-state index contributed by atoms with van der Waals surface area (Å²) in [7, 11) is 0. The zero-order valence-electron chi connectivity index (χ0n) is 5.84. The Kier molecular flexibility index (Phi) is 1.26. The fourth-order valence-corrected chi connectivity index (χ4v) is 1.77. The van der Waals surface area contributed by atoms with E-state index in [9.17, 15) is 0 Å². The van der Waals surface area contributed by atoms with Crippen LogP contribution in [0, 0.1) is 12.3 Å². The molecule has 0 amide bonds. The number of ether oxygens (including phenoxy) is 1. The van der Waals surface area contributed by atoms with Crippen molar-refractivity contribution in [2.24, 2.45) is 5.92 Å². The summed E-state index contributed by atoms with van der Waals surface area (Å²) in [6, 6.07) is 0. The van der Waals surface area contributed by atoms with Gasteiger partial charge in [0.15, 0.2) is 0 Å². The minimum absolute atomic E-state index is 0.628. The lowest BCUT2D eigenvalue weighted by atomic mass is 9.88. The Balaban J connectivity index is 1.93. The Morgan fingerprint density at radius 2 is 2.56 bits per heavy atom. The van der Waals surface area contributed by atoms with Gasteiger partial charge in [0.25, 0.3) is 0 Å². The van der Waals surface area contributed by atoms with Crippen molar-refractivity contribution in [3.63, 3.8) is 0 Å². The molecule has 2 aliphatic rings. The van der Waals surface area contributed by atoms with Crippen LogP contribution in [0.5, 0.6) is 0 Å². The molecule has 3 unspecified atom stereocenters. The topological polar surface area (TPSA) is 12.5 Å². The summed E-state index contributed by atoms with van der Waals surface area (Å²) in [5.41, 5.74) is 0. The maximum atomic E-state index is 5.45. The van der Waals surface area contributed by atoms with Crippen LogP contribution >= 0.6 is 0 Å². The van der Waals surface area contributed by atoms with Gasteiger partial charge in [0.1, 0.15) is 0 Å². The first-order valence-corrected chi connectivity index (χ1v) is 3.90. The molecule has 0 spiro atoms. The first-order valence-electron chi connectivity index (χ1n) is 3.90. The Labute approximate surface area is 56.4 Å². The highest BCUT2D eigenvalue weighted by atomic mass is 16.6. The highest BCUT2D eigenvalue weighted by Gasteiger charge is 2.46. The van der Waals surface area contributed by atoms with Gasteiger partial charge in [-0.1, -0.05) is 13.3 Å². The van der Waals surface area contributed by atoms with Crippen molar-refractivity contribution in [2.45, 2.75) is 38.4 Å². The van der Waals surface area contributed by atoms with Gasteiger partial charge in [-0.2, -0.15) is 0 Å². The maximum absolute atomic E-state index is 5.45. The van der Waals surface area contributed by atoms with E-state index in [4.69, 9.17) is 4.74 Å². The minimum Gasteiger partial charge on any atom is -0.369 e. The Hall–Kier alpha value is -0.0400. The van der Waals surface area contributed by atoms with Gasteiger partial charge in [-0.3, -0.25) is 0 Å². The molecule has 0 aromatic rings. The second kappa shape index (κ2) is 1.98. The predicted molar refractivity (Wildman–Crippen MR) is 36.0 cm³/mol. The second-order valence-electron chi connectivity index (χ2n) is 3.02. The Morgan fingerprint density at radius 1 is 1.67 bits per heavy atom. The Morgan fingerprint density at radius 3 is 3.22 bits per heavy atom. The molecule has 0 N–H and O–H groups in total. The summed E-state index contributed by atoms with van der Waals surface area (Å²) in [5, 5.41) is 0. The van der Waals surface area contributed by atoms with Crippen LogP contribution < -0.4 is 0 Å². The maximum Gasteiger partial charge on any atom is 0.0872 e. The summed E-state index contributed by atoms with van der Waals surface area (Å²) < 4.78 is 5.45. The molecular weight excluding hydrogens is 112 g/mol. The smallest absolute Gasteiger partial charge is 0.0872 e.